The van der Waals surface area contributed by atoms with Crippen LogP contribution in [0, 0.1) is 6.92 Å². The first-order valence-electron chi connectivity index (χ1n) is 11.3. The van der Waals surface area contributed by atoms with E-state index in [1.165, 1.54) is 7.11 Å². The summed E-state index contributed by atoms with van der Waals surface area (Å²) >= 11 is 0. The molecular weight excluding hydrogens is 464 g/mol. The van der Waals surface area contributed by atoms with Gasteiger partial charge in [-0.25, -0.2) is 9.67 Å². The van der Waals surface area contributed by atoms with Crippen LogP contribution in [0.25, 0.3) is 16.9 Å². The predicted octanol–water partition coefficient (Wildman–Crippen LogP) is 1.85. The standard InChI is InChI=1S/C25H22N6O5/c1-13-7-20(26)29-31(13)21-6-5-18-17(27-21)9-19(36-18)25(10-22(32)28-24(25)34)12-30-11-14-3-4-15(35-2)8-16(14)23(30)33/h3-9H,10-12H2,1-2H3,(H2,26,29)(H,28,32,34)/t25-/m1/s1. The van der Waals surface area contributed by atoms with Gasteiger partial charge in [-0.2, -0.15) is 0 Å². The summed E-state index contributed by atoms with van der Waals surface area (Å²) in [5, 5.41) is 6.64. The third-order valence-electron chi connectivity index (χ3n) is 6.76. The molecule has 0 aliphatic carbocycles. The molecule has 1 saturated heterocycles. The van der Waals surface area contributed by atoms with Gasteiger partial charge in [0.1, 0.15) is 28.3 Å². The number of nitrogens with zero attached hydrogens (tertiary/aromatic N) is 4. The molecule has 1 aromatic carbocycles. The number of fused-ring (bicyclic) bond motifs is 2. The van der Waals surface area contributed by atoms with Gasteiger partial charge in [-0.1, -0.05) is 6.07 Å². The van der Waals surface area contributed by atoms with Gasteiger partial charge in [0.2, 0.25) is 11.8 Å². The smallest absolute Gasteiger partial charge is 0.254 e. The summed E-state index contributed by atoms with van der Waals surface area (Å²) in [4.78, 5) is 44.9. The number of nitrogen functional groups attached to an aromatic ring is 1. The summed E-state index contributed by atoms with van der Waals surface area (Å²) in [6.45, 7) is 2.14. The summed E-state index contributed by atoms with van der Waals surface area (Å²) in [7, 11) is 1.53. The van der Waals surface area contributed by atoms with Crippen molar-refractivity contribution in [2.45, 2.75) is 25.3 Å². The van der Waals surface area contributed by atoms with Crippen LogP contribution in [0.3, 0.4) is 0 Å². The first kappa shape index (κ1) is 21.8. The Morgan fingerprint density at radius 3 is 2.69 bits per heavy atom. The summed E-state index contributed by atoms with van der Waals surface area (Å²) in [5.74, 6) is 0.565. The minimum Gasteiger partial charge on any atom is -0.497 e. The van der Waals surface area contributed by atoms with E-state index in [1.54, 1.807) is 46.0 Å². The highest BCUT2D eigenvalue weighted by molar-refractivity contribution is 6.10. The van der Waals surface area contributed by atoms with E-state index in [4.69, 9.17) is 14.9 Å². The number of nitrogens with one attached hydrogen (secondary N) is 1. The quantitative estimate of drug-likeness (QED) is 0.407. The molecule has 3 N–H and O–H groups in total. The van der Waals surface area contributed by atoms with Crippen molar-refractivity contribution in [3.8, 4) is 11.6 Å². The van der Waals surface area contributed by atoms with Gasteiger partial charge in [0.25, 0.3) is 5.91 Å². The highest BCUT2D eigenvalue weighted by Crippen LogP contribution is 2.39. The van der Waals surface area contributed by atoms with Crippen molar-refractivity contribution >= 4 is 34.6 Å². The molecule has 0 radical (unpaired) electrons. The number of methoxy groups -OCH3 is 1. The van der Waals surface area contributed by atoms with Gasteiger partial charge in [0.15, 0.2) is 11.4 Å². The highest BCUT2D eigenvalue weighted by atomic mass is 16.5. The van der Waals surface area contributed by atoms with Crippen LogP contribution in [0.4, 0.5) is 5.82 Å². The second kappa shape index (κ2) is 7.67. The Morgan fingerprint density at radius 2 is 2.00 bits per heavy atom. The molecule has 3 aromatic heterocycles. The lowest BCUT2D eigenvalue weighted by atomic mass is 9.82. The number of aromatic nitrogens is 3. The van der Waals surface area contributed by atoms with Gasteiger partial charge >= 0.3 is 0 Å². The first-order chi connectivity index (χ1) is 17.3. The summed E-state index contributed by atoms with van der Waals surface area (Å²) < 4.78 is 12.9. The van der Waals surface area contributed by atoms with E-state index in [2.05, 4.69) is 15.4 Å². The Labute approximate surface area is 204 Å². The molecule has 2 aliphatic rings. The summed E-state index contributed by atoms with van der Waals surface area (Å²) in [5.41, 5.74) is 7.50. The number of hydrogen-bond acceptors (Lipinski definition) is 8. The molecule has 182 valence electrons. The molecule has 0 bridgehead atoms. The average Bonchev–Trinajstić information content (AvgIpc) is 3.58. The number of imide groups is 1. The highest BCUT2D eigenvalue weighted by Gasteiger charge is 2.53. The largest absolute Gasteiger partial charge is 0.497 e. The lowest BCUT2D eigenvalue weighted by Crippen LogP contribution is -2.46. The van der Waals surface area contributed by atoms with E-state index >= 15 is 0 Å². The maximum atomic E-state index is 13.2. The zero-order valence-electron chi connectivity index (χ0n) is 19.6. The minimum absolute atomic E-state index is 0.0259. The number of anilines is 1. The van der Waals surface area contributed by atoms with Crippen molar-refractivity contribution in [3.63, 3.8) is 0 Å². The molecule has 5 heterocycles. The third-order valence-corrected chi connectivity index (χ3v) is 6.76. The fourth-order valence-electron chi connectivity index (χ4n) is 4.97. The van der Waals surface area contributed by atoms with Crippen LogP contribution in [0.2, 0.25) is 0 Å². The topological polar surface area (TPSA) is 146 Å². The number of aryl methyl sites for hydroxylation is 1. The van der Waals surface area contributed by atoms with Crippen molar-refractivity contribution in [1.29, 1.82) is 0 Å². The summed E-state index contributed by atoms with van der Waals surface area (Å²) in [6, 6.07) is 12.1. The van der Waals surface area contributed by atoms with Crippen LogP contribution in [0.5, 0.6) is 5.75 Å². The number of ether oxygens (including phenoxy) is 1. The van der Waals surface area contributed by atoms with E-state index in [0.29, 0.717) is 40.6 Å². The molecule has 1 atom stereocenters. The number of amides is 3. The van der Waals surface area contributed by atoms with E-state index < -0.39 is 17.2 Å². The number of hydrogen-bond donors (Lipinski definition) is 2. The van der Waals surface area contributed by atoms with Crippen LogP contribution in [-0.2, 0) is 21.5 Å². The number of pyridine rings is 1. The van der Waals surface area contributed by atoms with E-state index in [1.807, 2.05) is 13.0 Å². The van der Waals surface area contributed by atoms with Crippen LogP contribution < -0.4 is 15.8 Å². The van der Waals surface area contributed by atoms with Gasteiger partial charge < -0.3 is 19.8 Å². The zero-order valence-corrected chi connectivity index (χ0v) is 19.6. The van der Waals surface area contributed by atoms with Crippen molar-refractivity contribution in [2.75, 3.05) is 19.4 Å². The number of carbonyl (C=O) groups is 3. The molecule has 3 amide bonds. The van der Waals surface area contributed by atoms with Crippen molar-refractivity contribution in [2.24, 2.45) is 0 Å². The number of rotatable bonds is 5. The fraction of sp³-hybridized carbons (Fsp3) is 0.240. The molecule has 1 fully saturated rings. The normalized spacial score (nSPS) is 19.3. The molecule has 11 heteroatoms. The number of furan rings is 1. The van der Waals surface area contributed by atoms with Gasteiger partial charge in [-0.3, -0.25) is 19.7 Å². The number of carbonyl (C=O) groups excluding carboxylic acids is 3. The Bertz CT molecular complexity index is 1590. The maximum absolute atomic E-state index is 13.2. The van der Waals surface area contributed by atoms with Crippen LogP contribution in [-0.4, -0.2) is 51.0 Å². The van der Waals surface area contributed by atoms with Crippen molar-refractivity contribution in [1.82, 2.24) is 25.0 Å². The molecule has 2 aliphatic heterocycles. The van der Waals surface area contributed by atoms with Crippen LogP contribution in [0.15, 0.2) is 46.9 Å². The van der Waals surface area contributed by atoms with E-state index in [9.17, 15) is 14.4 Å². The second-order valence-electron chi connectivity index (χ2n) is 9.11. The maximum Gasteiger partial charge on any atom is 0.254 e. The first-order valence-corrected chi connectivity index (χ1v) is 11.3. The Hall–Kier alpha value is -4.67. The Morgan fingerprint density at radius 1 is 1.17 bits per heavy atom. The third kappa shape index (κ3) is 3.23. The molecule has 0 spiro atoms. The van der Waals surface area contributed by atoms with Crippen molar-refractivity contribution in [3.05, 3.63) is 65.0 Å². The van der Waals surface area contributed by atoms with Gasteiger partial charge in [-0.05, 0) is 36.8 Å². The lowest BCUT2D eigenvalue weighted by molar-refractivity contribution is -0.127. The zero-order chi connectivity index (χ0) is 25.2. The summed E-state index contributed by atoms with van der Waals surface area (Å²) in [6.07, 6.45) is -0.142. The second-order valence-corrected chi connectivity index (χ2v) is 9.11. The Balaban J connectivity index is 1.39. The van der Waals surface area contributed by atoms with Gasteiger partial charge in [0.05, 0.1) is 13.5 Å². The average molecular weight is 486 g/mol. The monoisotopic (exact) mass is 486 g/mol. The van der Waals surface area contributed by atoms with Gasteiger partial charge in [0, 0.05) is 36.5 Å². The minimum atomic E-state index is -1.38. The van der Waals surface area contributed by atoms with E-state index in [0.717, 1.165) is 11.3 Å². The molecular formula is C25H22N6O5. The van der Waals surface area contributed by atoms with Crippen LogP contribution in [0.1, 0.15) is 33.8 Å². The van der Waals surface area contributed by atoms with Crippen LogP contribution >= 0.6 is 0 Å². The predicted molar refractivity (Wildman–Crippen MR) is 127 cm³/mol. The molecule has 4 aromatic rings. The lowest BCUT2D eigenvalue weighted by Gasteiger charge is -2.28. The van der Waals surface area contributed by atoms with E-state index in [-0.39, 0.29) is 24.6 Å². The fourth-order valence-corrected chi connectivity index (χ4v) is 4.97. The SMILES string of the molecule is COc1ccc2c(c1)C(=O)N(C[C@@]1(c3cc4nc(-n5nc(N)cc5C)ccc4o3)CC(=O)NC1=O)C2. The number of nitrogens with two attached hydrogens (primary N) is 1. The number of benzene rings is 1. The molecule has 11 nitrogen and oxygen atoms in total. The molecule has 0 unspecified atom stereocenters. The molecule has 36 heavy (non-hydrogen) atoms. The molecule has 0 saturated carbocycles. The Kier molecular flexibility index (Phi) is 4.65. The van der Waals surface area contributed by atoms with Crippen molar-refractivity contribution < 1.29 is 23.5 Å². The van der Waals surface area contributed by atoms with Gasteiger partial charge in [-0.15, -0.1) is 5.10 Å². The molecule has 6 rings (SSSR count).